The van der Waals surface area contributed by atoms with E-state index >= 15 is 0 Å². The van der Waals surface area contributed by atoms with Crippen LogP contribution in [0, 0.1) is 11.3 Å². The predicted octanol–water partition coefficient (Wildman–Crippen LogP) is 1.34. The summed E-state index contributed by atoms with van der Waals surface area (Å²) in [6.45, 7) is 6.03. The second-order valence-corrected chi connectivity index (χ2v) is 11.2. The number of hydrogen-bond donors (Lipinski definition) is 3. The van der Waals surface area contributed by atoms with Crippen molar-refractivity contribution in [1.29, 1.82) is 0 Å². The van der Waals surface area contributed by atoms with Gasteiger partial charge in [-0.1, -0.05) is 10.3 Å². The molecule has 2 amide bonds. The van der Waals surface area contributed by atoms with Crippen molar-refractivity contribution < 1.29 is 38.7 Å². The van der Waals surface area contributed by atoms with Crippen LogP contribution in [0.1, 0.15) is 33.4 Å². The van der Waals surface area contributed by atoms with Crippen LogP contribution in [0.25, 0.3) is 0 Å². The van der Waals surface area contributed by atoms with Gasteiger partial charge in [0.25, 0.3) is 5.91 Å². The number of nitrogens with two attached hydrogens (primary N) is 1. The normalized spacial score (nSPS) is 19.1. The zero-order valence-corrected chi connectivity index (χ0v) is 24.0. The molecule has 1 aromatic rings. The maximum atomic E-state index is 12.7. The molecule has 214 valence electrons. The van der Waals surface area contributed by atoms with Crippen LogP contribution in [0.4, 0.5) is 5.13 Å². The van der Waals surface area contributed by atoms with E-state index in [1.165, 1.54) is 22.0 Å². The quantitative estimate of drug-likeness (QED) is 0.0870. The highest BCUT2D eigenvalue weighted by molar-refractivity contribution is 8.00. The van der Waals surface area contributed by atoms with Crippen LogP contribution in [-0.4, -0.2) is 81.3 Å². The first-order valence-corrected chi connectivity index (χ1v) is 13.2. The van der Waals surface area contributed by atoms with Gasteiger partial charge < -0.3 is 30.6 Å². The minimum atomic E-state index is -0.763. The fraction of sp³-hybridized carbons (Fsp3) is 0.500. The molecule has 0 saturated carbocycles. The Morgan fingerprint density at radius 1 is 1.31 bits per heavy atom. The predicted molar refractivity (Wildman–Crippen MR) is 145 cm³/mol. The number of anilines is 1. The first-order valence-electron chi connectivity index (χ1n) is 11.3. The van der Waals surface area contributed by atoms with E-state index < -0.39 is 36.0 Å². The summed E-state index contributed by atoms with van der Waals surface area (Å²) in [6.07, 6.45) is 1.58. The number of amides is 2. The van der Waals surface area contributed by atoms with Gasteiger partial charge in [0.2, 0.25) is 12.7 Å². The molecule has 0 aliphatic carbocycles. The van der Waals surface area contributed by atoms with Crippen molar-refractivity contribution in [2.24, 2.45) is 21.6 Å². The molecular weight excluding hydrogens is 576 g/mol. The number of carbonyl (C=O) groups excluding carboxylic acids is 4. The van der Waals surface area contributed by atoms with Crippen molar-refractivity contribution in [3.8, 4) is 0 Å². The number of aromatic nitrogens is 1. The molecule has 3 heterocycles. The Bertz CT molecular complexity index is 1200. The van der Waals surface area contributed by atoms with Gasteiger partial charge in [0, 0.05) is 11.1 Å². The number of fused-ring (bicyclic) bond motifs is 1. The molecular formula is C22H29ClN6O8S2. The van der Waals surface area contributed by atoms with Gasteiger partial charge in [0.15, 0.2) is 10.8 Å². The number of halogens is 1. The van der Waals surface area contributed by atoms with Crippen molar-refractivity contribution in [1.82, 2.24) is 15.2 Å². The first-order chi connectivity index (χ1) is 17.9. The summed E-state index contributed by atoms with van der Waals surface area (Å²) in [5.74, 6) is -2.36. The zero-order chi connectivity index (χ0) is 28.0. The van der Waals surface area contributed by atoms with Crippen molar-refractivity contribution in [2.75, 3.05) is 31.4 Å². The lowest BCUT2D eigenvalue weighted by Gasteiger charge is -2.47. The Hall–Kier alpha value is -3.37. The summed E-state index contributed by atoms with van der Waals surface area (Å²) in [5.41, 5.74) is 5.12. The van der Waals surface area contributed by atoms with Crippen LogP contribution in [0.15, 0.2) is 27.5 Å². The SMILES string of the molecule is C/C(CNC(=O)/C(=N/O)c1csc(N)n1)=N\OCC1C(=O)N2C(C(=O)OCOC(=O)C(C)(C)C)=CCSC12.Cl. The van der Waals surface area contributed by atoms with Gasteiger partial charge in [-0.3, -0.25) is 19.3 Å². The van der Waals surface area contributed by atoms with Gasteiger partial charge in [-0.15, -0.1) is 35.5 Å². The second kappa shape index (κ2) is 13.6. The van der Waals surface area contributed by atoms with E-state index in [-0.39, 0.29) is 59.1 Å². The molecule has 1 aromatic heterocycles. The second-order valence-electron chi connectivity index (χ2n) is 9.18. The van der Waals surface area contributed by atoms with E-state index in [1.807, 2.05) is 0 Å². The van der Waals surface area contributed by atoms with E-state index in [9.17, 15) is 19.2 Å². The van der Waals surface area contributed by atoms with Crippen molar-refractivity contribution in [3.05, 3.63) is 22.8 Å². The van der Waals surface area contributed by atoms with Gasteiger partial charge in [-0.2, -0.15) is 0 Å². The molecule has 14 nitrogen and oxygen atoms in total. The molecule has 2 unspecified atom stereocenters. The number of β-lactam (4-membered cyclic amide) rings is 1. The highest BCUT2D eigenvalue weighted by Crippen LogP contribution is 2.41. The van der Waals surface area contributed by atoms with Crippen LogP contribution in [-0.2, 0) is 33.5 Å². The number of nitrogen functional groups attached to an aromatic ring is 1. The van der Waals surface area contributed by atoms with Gasteiger partial charge >= 0.3 is 11.9 Å². The topological polar surface area (TPSA) is 195 Å². The Kier molecular flexibility index (Phi) is 11.1. The molecule has 2 aliphatic rings. The number of esters is 2. The summed E-state index contributed by atoms with van der Waals surface area (Å²) in [4.78, 5) is 59.8. The van der Waals surface area contributed by atoms with E-state index in [0.717, 1.165) is 11.3 Å². The highest BCUT2D eigenvalue weighted by atomic mass is 35.5. The zero-order valence-electron chi connectivity index (χ0n) is 21.5. The lowest BCUT2D eigenvalue weighted by molar-refractivity contribution is -0.174. The number of thiazole rings is 1. The molecule has 2 atom stereocenters. The summed E-state index contributed by atoms with van der Waals surface area (Å²) in [5, 5.41) is 19.9. The van der Waals surface area contributed by atoms with Gasteiger partial charge in [0.1, 0.15) is 23.9 Å². The monoisotopic (exact) mass is 604 g/mol. The largest absolute Gasteiger partial charge is 0.427 e. The number of carbonyl (C=O) groups is 4. The molecule has 39 heavy (non-hydrogen) atoms. The number of oxime groups is 2. The van der Waals surface area contributed by atoms with E-state index in [2.05, 4.69) is 20.6 Å². The van der Waals surface area contributed by atoms with Crippen LogP contribution >= 0.6 is 35.5 Å². The third kappa shape index (κ3) is 7.83. The minimum Gasteiger partial charge on any atom is -0.427 e. The smallest absolute Gasteiger partial charge is 0.357 e. The summed E-state index contributed by atoms with van der Waals surface area (Å²) >= 11 is 2.55. The van der Waals surface area contributed by atoms with Crippen LogP contribution in [0.5, 0.6) is 0 Å². The molecule has 1 fully saturated rings. The van der Waals surface area contributed by atoms with Crippen molar-refractivity contribution in [2.45, 2.75) is 33.1 Å². The van der Waals surface area contributed by atoms with E-state index in [4.69, 9.17) is 25.3 Å². The average Bonchev–Trinajstić information content (AvgIpc) is 3.29. The van der Waals surface area contributed by atoms with Gasteiger partial charge in [-0.25, -0.2) is 9.78 Å². The summed E-state index contributed by atoms with van der Waals surface area (Å²) < 4.78 is 9.97. The third-order valence-electron chi connectivity index (χ3n) is 5.22. The van der Waals surface area contributed by atoms with Crippen LogP contribution in [0.2, 0.25) is 0 Å². The molecule has 1 saturated heterocycles. The Balaban J connectivity index is 0.00000533. The number of thioether (sulfide) groups is 1. The fourth-order valence-electron chi connectivity index (χ4n) is 3.22. The fourth-order valence-corrected chi connectivity index (χ4v) is 5.01. The Morgan fingerprint density at radius 3 is 2.64 bits per heavy atom. The molecule has 3 rings (SSSR count). The molecule has 17 heteroatoms. The number of nitrogens with zero attached hydrogens (tertiary/aromatic N) is 4. The minimum absolute atomic E-state index is 0. The molecule has 0 spiro atoms. The van der Waals surface area contributed by atoms with Crippen LogP contribution < -0.4 is 11.1 Å². The molecule has 0 bridgehead atoms. The Labute approximate surface area is 238 Å². The first kappa shape index (κ1) is 31.8. The number of nitrogens with one attached hydrogen (secondary N) is 1. The van der Waals surface area contributed by atoms with Crippen LogP contribution in [0.3, 0.4) is 0 Å². The third-order valence-corrected chi connectivity index (χ3v) is 7.13. The number of hydrogen-bond acceptors (Lipinski definition) is 14. The molecule has 0 radical (unpaired) electrons. The maximum absolute atomic E-state index is 12.7. The highest BCUT2D eigenvalue weighted by Gasteiger charge is 2.52. The standard InChI is InChI=1S/C22H28N6O8S2.ClH/c1-11(7-24-16(29)15(26-33)13-9-38-21(23)25-13)27-36-8-12-17(30)28-14(5-6-37-18(12)28)19(31)34-10-35-20(32)22(2,3)4;/h5,9,12,18,33H,6-8,10H2,1-4H3,(H2,23,25)(H,24,29);1H/b26-15+,27-11+;. The van der Waals surface area contributed by atoms with Gasteiger partial charge in [0.05, 0.1) is 23.0 Å². The van der Waals surface area contributed by atoms with E-state index in [0.29, 0.717) is 11.5 Å². The van der Waals surface area contributed by atoms with Crippen molar-refractivity contribution in [3.63, 3.8) is 0 Å². The number of ether oxygens (including phenoxy) is 2. The Morgan fingerprint density at radius 2 is 2.03 bits per heavy atom. The van der Waals surface area contributed by atoms with Gasteiger partial charge in [-0.05, 0) is 33.8 Å². The lowest BCUT2D eigenvalue weighted by atomic mass is 9.97. The summed E-state index contributed by atoms with van der Waals surface area (Å²) in [6, 6.07) is 0. The average molecular weight is 605 g/mol. The molecule has 0 aromatic carbocycles. The molecule has 4 N–H and O–H groups in total. The summed E-state index contributed by atoms with van der Waals surface area (Å²) in [7, 11) is 0. The van der Waals surface area contributed by atoms with E-state index in [1.54, 1.807) is 33.8 Å². The molecule has 2 aliphatic heterocycles. The lowest BCUT2D eigenvalue weighted by Crippen LogP contribution is -2.62. The maximum Gasteiger partial charge on any atom is 0.357 e. The van der Waals surface area contributed by atoms with Crippen molar-refractivity contribution >= 4 is 75.8 Å². The number of rotatable bonds is 10.